The molecule has 2 aromatic heterocycles. The number of benzene rings is 2. The quantitative estimate of drug-likeness (QED) is 0.513. The van der Waals surface area contributed by atoms with Gasteiger partial charge in [0.25, 0.3) is 0 Å². The van der Waals surface area contributed by atoms with Gasteiger partial charge in [-0.1, -0.05) is 48.2 Å². The summed E-state index contributed by atoms with van der Waals surface area (Å²) in [7, 11) is 0. The minimum absolute atomic E-state index is 0.0725. The van der Waals surface area contributed by atoms with Crippen molar-refractivity contribution >= 4 is 22.7 Å². The molecule has 2 aromatic carbocycles. The first-order valence-electron chi connectivity index (χ1n) is 8.09. The summed E-state index contributed by atoms with van der Waals surface area (Å²) in [5.74, 6) is 0.809. The molecule has 0 saturated carbocycles. The molecule has 0 amide bonds. The molecule has 6 heteroatoms. The smallest absolute Gasteiger partial charge is 0.169 e. The molecule has 5 nitrogen and oxygen atoms in total. The van der Waals surface area contributed by atoms with E-state index in [0.29, 0.717) is 0 Å². The molecule has 1 unspecified atom stereocenters. The number of pyridine rings is 1. The minimum Gasteiger partial charge on any atom is -0.241 e. The van der Waals surface area contributed by atoms with E-state index in [1.54, 1.807) is 16.4 Å². The lowest BCUT2D eigenvalue weighted by Crippen LogP contribution is -2.05. The third-order valence-electron chi connectivity index (χ3n) is 4.06. The van der Waals surface area contributed by atoms with Crippen molar-refractivity contribution in [3.63, 3.8) is 0 Å². The van der Waals surface area contributed by atoms with Crippen LogP contribution in [0.1, 0.15) is 23.6 Å². The van der Waals surface area contributed by atoms with Crippen LogP contribution in [0.3, 0.4) is 0 Å². The zero-order valence-electron chi connectivity index (χ0n) is 14.0. The molecule has 124 valence electrons. The van der Waals surface area contributed by atoms with E-state index in [-0.39, 0.29) is 5.25 Å². The first kappa shape index (κ1) is 15.8. The number of aryl methyl sites for hydroxylation is 1. The average molecular weight is 347 g/mol. The predicted octanol–water partition coefficient (Wildman–Crippen LogP) is 4.37. The van der Waals surface area contributed by atoms with E-state index in [4.69, 9.17) is 4.98 Å². The zero-order chi connectivity index (χ0) is 17.2. The molecule has 0 aliphatic rings. The van der Waals surface area contributed by atoms with Crippen molar-refractivity contribution in [3.8, 4) is 5.69 Å². The largest absolute Gasteiger partial charge is 0.241 e. The van der Waals surface area contributed by atoms with Gasteiger partial charge in [0.2, 0.25) is 0 Å². The number of nitrogens with zero attached hydrogens (tertiary/aromatic N) is 5. The Labute approximate surface area is 150 Å². The number of aromatic nitrogens is 5. The third kappa shape index (κ3) is 3.13. The molecule has 0 bridgehead atoms. The minimum atomic E-state index is 0.0725. The number of rotatable bonds is 4. The zero-order valence-corrected chi connectivity index (χ0v) is 14.8. The van der Waals surface area contributed by atoms with Gasteiger partial charge in [-0.05, 0) is 54.1 Å². The number of fused-ring (bicyclic) bond motifs is 1. The van der Waals surface area contributed by atoms with Crippen molar-refractivity contribution in [2.45, 2.75) is 24.1 Å². The van der Waals surface area contributed by atoms with Gasteiger partial charge >= 0.3 is 0 Å². The average Bonchev–Trinajstić information content (AvgIpc) is 3.12. The maximum absolute atomic E-state index is 4.77. The van der Waals surface area contributed by atoms with Gasteiger partial charge in [-0.25, -0.2) is 4.98 Å². The van der Waals surface area contributed by atoms with Crippen molar-refractivity contribution in [2.75, 3.05) is 0 Å². The van der Waals surface area contributed by atoms with Crippen LogP contribution in [-0.4, -0.2) is 25.2 Å². The maximum Gasteiger partial charge on any atom is 0.169 e. The van der Waals surface area contributed by atoms with Crippen LogP contribution in [0.2, 0.25) is 0 Å². The van der Waals surface area contributed by atoms with E-state index in [9.17, 15) is 0 Å². The molecule has 0 fully saturated rings. The second kappa shape index (κ2) is 6.64. The van der Waals surface area contributed by atoms with E-state index in [0.717, 1.165) is 22.1 Å². The Bertz CT molecular complexity index is 1010. The molecule has 0 N–H and O–H groups in total. The molecule has 0 saturated heterocycles. The molecule has 0 aliphatic carbocycles. The van der Waals surface area contributed by atoms with Crippen LogP contribution in [0.15, 0.2) is 65.7 Å². The number of tetrazole rings is 1. The summed E-state index contributed by atoms with van der Waals surface area (Å²) in [6.45, 7) is 4.22. The van der Waals surface area contributed by atoms with E-state index < -0.39 is 0 Å². The Morgan fingerprint density at radius 3 is 2.60 bits per heavy atom. The molecule has 1 atom stereocenters. The predicted molar refractivity (Wildman–Crippen MR) is 99.9 cm³/mol. The number of hydrogen-bond donors (Lipinski definition) is 0. The molecule has 4 rings (SSSR count). The van der Waals surface area contributed by atoms with Crippen molar-refractivity contribution in [1.82, 2.24) is 25.2 Å². The van der Waals surface area contributed by atoms with E-state index in [1.165, 1.54) is 10.9 Å². The van der Waals surface area contributed by atoms with Crippen molar-refractivity contribution in [1.29, 1.82) is 0 Å². The molecule has 4 aromatic rings. The fraction of sp³-hybridized carbons (Fsp3) is 0.158. The fourth-order valence-electron chi connectivity index (χ4n) is 2.81. The van der Waals surface area contributed by atoms with Crippen molar-refractivity contribution < 1.29 is 0 Å². The van der Waals surface area contributed by atoms with E-state index in [2.05, 4.69) is 41.5 Å². The highest BCUT2D eigenvalue weighted by atomic mass is 32.2. The van der Waals surface area contributed by atoms with Crippen molar-refractivity contribution in [2.24, 2.45) is 0 Å². The van der Waals surface area contributed by atoms with Gasteiger partial charge in [-0.3, -0.25) is 0 Å². The van der Waals surface area contributed by atoms with Crippen LogP contribution in [0.25, 0.3) is 16.6 Å². The van der Waals surface area contributed by atoms with E-state index in [1.807, 2.05) is 48.5 Å². The Balaban J connectivity index is 1.65. The molecule has 0 spiro atoms. The summed E-state index contributed by atoms with van der Waals surface area (Å²) in [6.07, 6.45) is 0. The van der Waals surface area contributed by atoms with Crippen LogP contribution in [0, 0.1) is 6.92 Å². The Kier molecular flexibility index (Phi) is 4.19. The van der Waals surface area contributed by atoms with Crippen LogP contribution in [0.4, 0.5) is 0 Å². The number of hydrogen-bond acceptors (Lipinski definition) is 5. The van der Waals surface area contributed by atoms with Crippen molar-refractivity contribution in [3.05, 3.63) is 72.1 Å². The van der Waals surface area contributed by atoms with Gasteiger partial charge in [0.15, 0.2) is 5.82 Å². The van der Waals surface area contributed by atoms with Gasteiger partial charge < -0.3 is 0 Å². The van der Waals surface area contributed by atoms with Gasteiger partial charge in [-0.2, -0.15) is 4.68 Å². The second-order valence-electron chi connectivity index (χ2n) is 5.84. The third-order valence-corrected chi connectivity index (χ3v) is 5.07. The Morgan fingerprint density at radius 1 is 1.00 bits per heavy atom. The number of para-hydroxylation sites is 2. The molecule has 25 heavy (non-hydrogen) atoms. The van der Waals surface area contributed by atoms with E-state index >= 15 is 0 Å². The summed E-state index contributed by atoms with van der Waals surface area (Å²) >= 11 is 1.66. The lowest BCUT2D eigenvalue weighted by Gasteiger charge is -2.12. The van der Waals surface area contributed by atoms with Gasteiger partial charge in [-0.15, -0.1) is 5.10 Å². The highest BCUT2D eigenvalue weighted by Gasteiger charge is 2.18. The second-order valence-corrected chi connectivity index (χ2v) is 7.20. The standard InChI is InChI=1S/C19H17N5S/c1-13-12-18(20-17-11-7-6-10-16(13)17)25-14(2)19-21-22-23-24(19)15-8-4-3-5-9-15/h3-12,14H,1-2H3. The van der Waals surface area contributed by atoms with Crippen LogP contribution >= 0.6 is 11.8 Å². The SMILES string of the molecule is Cc1cc(SC(C)c2nnnn2-c2ccccc2)nc2ccccc12. The van der Waals surface area contributed by atoms with Crippen LogP contribution in [0.5, 0.6) is 0 Å². The lowest BCUT2D eigenvalue weighted by atomic mass is 10.1. The van der Waals surface area contributed by atoms with Gasteiger partial charge in [0.05, 0.1) is 21.5 Å². The highest BCUT2D eigenvalue weighted by molar-refractivity contribution is 7.99. The molecule has 0 radical (unpaired) electrons. The lowest BCUT2D eigenvalue weighted by molar-refractivity contribution is 0.762. The summed E-state index contributed by atoms with van der Waals surface area (Å²) in [5, 5.41) is 14.5. The normalized spacial score (nSPS) is 12.4. The van der Waals surface area contributed by atoms with Crippen LogP contribution in [-0.2, 0) is 0 Å². The molecular weight excluding hydrogens is 330 g/mol. The molecule has 2 heterocycles. The topological polar surface area (TPSA) is 56.5 Å². The van der Waals surface area contributed by atoms with Gasteiger partial charge in [0, 0.05) is 5.39 Å². The first-order chi connectivity index (χ1) is 12.2. The monoisotopic (exact) mass is 347 g/mol. The van der Waals surface area contributed by atoms with Crippen LogP contribution < -0.4 is 0 Å². The fourth-order valence-corrected chi connectivity index (χ4v) is 3.82. The number of thioether (sulfide) groups is 1. The summed E-state index contributed by atoms with van der Waals surface area (Å²) in [5.41, 5.74) is 3.19. The highest BCUT2D eigenvalue weighted by Crippen LogP contribution is 2.34. The summed E-state index contributed by atoms with van der Waals surface area (Å²) < 4.78 is 1.78. The Morgan fingerprint density at radius 2 is 1.76 bits per heavy atom. The first-order valence-corrected chi connectivity index (χ1v) is 8.97. The summed E-state index contributed by atoms with van der Waals surface area (Å²) in [6, 6.07) is 20.3. The molecular formula is C19H17N5S. The maximum atomic E-state index is 4.77. The summed E-state index contributed by atoms with van der Waals surface area (Å²) in [4.78, 5) is 4.77. The molecule has 0 aliphatic heterocycles. The Hall–Kier alpha value is -2.73. The van der Waals surface area contributed by atoms with Gasteiger partial charge in [0.1, 0.15) is 0 Å².